The predicted octanol–water partition coefficient (Wildman–Crippen LogP) is 4.70. The van der Waals surface area contributed by atoms with Crippen LogP contribution in [0.1, 0.15) is 0 Å². The largest absolute Gasteiger partial charge is 0.264 e. The molecule has 2 aromatic heterocycles. The van der Waals surface area contributed by atoms with Gasteiger partial charge in [-0.15, -0.1) is 16.4 Å². The zero-order valence-corrected chi connectivity index (χ0v) is 16.4. The smallest absolute Gasteiger partial charge is 0.246 e. The molecule has 0 aliphatic carbocycles. The Kier molecular flexibility index (Phi) is 4.55. The van der Waals surface area contributed by atoms with Crippen LogP contribution >= 0.6 is 34.5 Å². The van der Waals surface area contributed by atoms with Gasteiger partial charge in [-0.25, -0.2) is 22.0 Å². The van der Waals surface area contributed by atoms with Crippen molar-refractivity contribution >= 4 is 55.5 Å². The molecule has 1 N–H and O–H groups in total. The topological polar surface area (TPSA) is 76.4 Å². The van der Waals surface area contributed by atoms with E-state index in [2.05, 4.69) is 14.8 Å². The van der Waals surface area contributed by atoms with Gasteiger partial charge in [0.1, 0.15) is 5.82 Å². The molecule has 0 aliphatic heterocycles. The van der Waals surface area contributed by atoms with E-state index >= 15 is 0 Å². The molecule has 0 aliphatic rings. The molecule has 0 saturated heterocycles. The fraction of sp³-hybridized carbons (Fsp3) is 0. The molecular weight excluding hydrogens is 434 g/mol. The molecule has 138 valence electrons. The van der Waals surface area contributed by atoms with Crippen molar-refractivity contribution in [2.45, 2.75) is 4.90 Å². The van der Waals surface area contributed by atoms with E-state index in [-0.39, 0.29) is 10.8 Å². The van der Waals surface area contributed by atoms with Gasteiger partial charge in [-0.1, -0.05) is 23.2 Å². The van der Waals surface area contributed by atoms with Crippen LogP contribution in [0.25, 0.3) is 16.2 Å². The number of thiazole rings is 1. The molecule has 4 rings (SSSR count). The van der Waals surface area contributed by atoms with E-state index in [1.807, 2.05) is 0 Å². The number of aromatic nitrogens is 3. The highest BCUT2D eigenvalue weighted by molar-refractivity contribution is 7.92. The summed E-state index contributed by atoms with van der Waals surface area (Å²) in [5.41, 5.74) is 1.27. The number of hydrogen-bond donors (Lipinski definition) is 1. The standard InChI is InChI=1S/C16H9Cl2FN4O2S2/c17-9-1-6-13(18)12(7-9)14-8-26-16-20-15(21-23(14)16)22-27(24,25)11-4-2-10(19)3-5-11/h1-8H,(H,21,22). The van der Waals surface area contributed by atoms with Crippen molar-refractivity contribution in [1.29, 1.82) is 0 Å². The van der Waals surface area contributed by atoms with Crippen molar-refractivity contribution in [2.24, 2.45) is 0 Å². The second kappa shape index (κ2) is 6.75. The zero-order valence-electron chi connectivity index (χ0n) is 13.2. The number of benzene rings is 2. The first kappa shape index (κ1) is 18.2. The summed E-state index contributed by atoms with van der Waals surface area (Å²) in [5, 5.41) is 6.98. The van der Waals surface area contributed by atoms with Gasteiger partial charge in [-0.2, -0.15) is 4.98 Å². The second-order valence-electron chi connectivity index (χ2n) is 5.43. The molecule has 0 radical (unpaired) electrons. The lowest BCUT2D eigenvalue weighted by Crippen LogP contribution is -2.14. The quantitative estimate of drug-likeness (QED) is 0.496. The van der Waals surface area contributed by atoms with Crippen LogP contribution in [0.15, 0.2) is 52.7 Å². The van der Waals surface area contributed by atoms with E-state index in [0.29, 0.717) is 26.3 Å². The summed E-state index contributed by atoms with van der Waals surface area (Å²) >= 11 is 13.5. The van der Waals surface area contributed by atoms with E-state index in [0.717, 1.165) is 24.3 Å². The average Bonchev–Trinajstić information content (AvgIpc) is 3.17. The van der Waals surface area contributed by atoms with Crippen molar-refractivity contribution in [2.75, 3.05) is 4.72 Å². The van der Waals surface area contributed by atoms with Crippen LogP contribution in [0.4, 0.5) is 10.3 Å². The van der Waals surface area contributed by atoms with Crippen LogP contribution in [0.5, 0.6) is 0 Å². The molecular formula is C16H9Cl2FN4O2S2. The summed E-state index contributed by atoms with van der Waals surface area (Å²) in [6.45, 7) is 0. The van der Waals surface area contributed by atoms with Gasteiger partial charge in [0.2, 0.25) is 4.96 Å². The number of halogens is 3. The van der Waals surface area contributed by atoms with Crippen molar-refractivity contribution in [3.63, 3.8) is 0 Å². The molecule has 0 fully saturated rings. The molecule has 6 nitrogen and oxygen atoms in total. The third-order valence-corrected chi connectivity index (χ3v) is 6.36. The van der Waals surface area contributed by atoms with Gasteiger partial charge in [0.15, 0.2) is 0 Å². The van der Waals surface area contributed by atoms with Crippen LogP contribution in [-0.4, -0.2) is 23.0 Å². The van der Waals surface area contributed by atoms with E-state index in [1.54, 1.807) is 23.6 Å². The summed E-state index contributed by atoms with van der Waals surface area (Å²) in [5.74, 6) is -0.636. The molecule has 0 spiro atoms. The number of sulfonamides is 1. The Hall–Kier alpha value is -2.20. The maximum absolute atomic E-state index is 13.0. The summed E-state index contributed by atoms with van der Waals surface area (Å²) in [6, 6.07) is 9.47. The zero-order chi connectivity index (χ0) is 19.2. The molecule has 0 bridgehead atoms. The highest BCUT2D eigenvalue weighted by atomic mass is 35.5. The summed E-state index contributed by atoms with van der Waals surface area (Å²) in [6.07, 6.45) is 0. The Morgan fingerprint density at radius 3 is 2.59 bits per heavy atom. The van der Waals surface area contributed by atoms with E-state index in [4.69, 9.17) is 23.2 Å². The SMILES string of the molecule is O=S(=O)(Nc1nc2scc(-c3cc(Cl)ccc3Cl)n2n1)c1ccc(F)cc1. The van der Waals surface area contributed by atoms with Gasteiger partial charge in [0, 0.05) is 16.0 Å². The average molecular weight is 443 g/mol. The van der Waals surface area contributed by atoms with Crippen LogP contribution in [0, 0.1) is 5.82 Å². The van der Waals surface area contributed by atoms with Gasteiger partial charge in [0.25, 0.3) is 16.0 Å². The van der Waals surface area contributed by atoms with Gasteiger partial charge < -0.3 is 0 Å². The van der Waals surface area contributed by atoms with Crippen molar-refractivity contribution in [3.05, 3.63) is 63.7 Å². The van der Waals surface area contributed by atoms with Crippen LogP contribution in [-0.2, 0) is 10.0 Å². The predicted molar refractivity (Wildman–Crippen MR) is 104 cm³/mol. The maximum Gasteiger partial charge on any atom is 0.264 e. The van der Waals surface area contributed by atoms with Gasteiger partial charge >= 0.3 is 0 Å². The number of hydrogen-bond acceptors (Lipinski definition) is 5. The van der Waals surface area contributed by atoms with Crippen LogP contribution in [0.2, 0.25) is 10.0 Å². The number of rotatable bonds is 4. The van der Waals surface area contributed by atoms with E-state index in [9.17, 15) is 12.8 Å². The fourth-order valence-corrected chi connectivity index (χ4v) is 4.54. The van der Waals surface area contributed by atoms with Crippen molar-refractivity contribution in [3.8, 4) is 11.3 Å². The minimum atomic E-state index is -3.95. The van der Waals surface area contributed by atoms with Gasteiger partial charge in [-0.05, 0) is 42.5 Å². The summed E-state index contributed by atoms with van der Waals surface area (Å²) in [7, 11) is -3.95. The highest BCUT2D eigenvalue weighted by Crippen LogP contribution is 2.33. The second-order valence-corrected chi connectivity index (χ2v) is 8.80. The molecule has 27 heavy (non-hydrogen) atoms. The molecule has 0 unspecified atom stereocenters. The van der Waals surface area contributed by atoms with Crippen molar-refractivity contribution < 1.29 is 12.8 Å². The number of nitrogens with zero attached hydrogens (tertiary/aromatic N) is 3. The first-order chi connectivity index (χ1) is 12.8. The normalized spacial score (nSPS) is 11.8. The summed E-state index contributed by atoms with van der Waals surface area (Å²) in [4.78, 5) is 4.54. The van der Waals surface area contributed by atoms with Crippen molar-refractivity contribution in [1.82, 2.24) is 14.6 Å². The lowest BCUT2D eigenvalue weighted by Gasteiger charge is -2.04. The monoisotopic (exact) mass is 442 g/mol. The molecule has 2 aromatic carbocycles. The Bertz CT molecular complexity index is 1250. The van der Waals surface area contributed by atoms with Gasteiger partial charge in [0.05, 0.1) is 15.6 Å². The first-order valence-electron chi connectivity index (χ1n) is 7.41. The lowest BCUT2D eigenvalue weighted by molar-refractivity contribution is 0.599. The Morgan fingerprint density at radius 1 is 1.11 bits per heavy atom. The number of nitrogens with one attached hydrogen (secondary N) is 1. The van der Waals surface area contributed by atoms with Gasteiger partial charge in [-0.3, -0.25) is 0 Å². The molecule has 0 amide bonds. The lowest BCUT2D eigenvalue weighted by atomic mass is 10.2. The minimum Gasteiger partial charge on any atom is -0.246 e. The third-order valence-electron chi connectivity index (χ3n) is 3.64. The fourth-order valence-electron chi connectivity index (χ4n) is 2.40. The number of fused-ring (bicyclic) bond motifs is 1. The van der Waals surface area contributed by atoms with Crippen LogP contribution in [0.3, 0.4) is 0 Å². The minimum absolute atomic E-state index is 0.0971. The first-order valence-corrected chi connectivity index (χ1v) is 10.5. The summed E-state index contributed by atoms with van der Waals surface area (Å²) < 4.78 is 41.6. The van der Waals surface area contributed by atoms with Crippen LogP contribution < -0.4 is 4.72 Å². The van der Waals surface area contributed by atoms with E-state index in [1.165, 1.54) is 15.9 Å². The number of anilines is 1. The Labute approximate surface area is 167 Å². The molecule has 0 saturated carbocycles. The maximum atomic E-state index is 13.0. The Morgan fingerprint density at radius 2 is 1.85 bits per heavy atom. The molecule has 11 heteroatoms. The molecule has 2 heterocycles. The highest BCUT2D eigenvalue weighted by Gasteiger charge is 2.19. The molecule has 4 aromatic rings. The van der Waals surface area contributed by atoms with E-state index < -0.39 is 15.8 Å². The Balaban J connectivity index is 1.72. The molecule has 0 atom stereocenters. The third kappa shape index (κ3) is 3.51.